The van der Waals surface area contributed by atoms with Gasteiger partial charge in [0.05, 0.1) is 5.41 Å². The van der Waals surface area contributed by atoms with Crippen LogP contribution in [0.3, 0.4) is 0 Å². The van der Waals surface area contributed by atoms with Gasteiger partial charge < -0.3 is 10.2 Å². The first-order chi connectivity index (χ1) is 27.0. The SMILES string of the molecule is Oc1ccc2cc(C3(c4ccc5cc(O)ccc5c4)c4ccc(-c5cccc6ccccc56)cc4-c4cc(-c5cccc6ccccc56)ccc43)ccc2c1. The van der Waals surface area contributed by atoms with E-state index in [0.29, 0.717) is 0 Å². The van der Waals surface area contributed by atoms with Gasteiger partial charge in [0.1, 0.15) is 11.5 Å². The van der Waals surface area contributed by atoms with Gasteiger partial charge in [0.25, 0.3) is 0 Å². The molecule has 0 aromatic heterocycles. The van der Waals surface area contributed by atoms with Crippen LogP contribution in [0.15, 0.2) is 194 Å². The predicted molar refractivity (Wildman–Crippen MR) is 228 cm³/mol. The third-order valence-corrected chi connectivity index (χ3v) is 11.9. The number of hydrogen-bond acceptors (Lipinski definition) is 2. The molecule has 0 spiro atoms. The standard InChI is InChI=1S/C53H34O2/c54-43-23-17-35-27-41(21-15-37(35)29-43)53(42-22-16-38-30-44(55)24-18-36(38)28-42)51-25-19-39(47-13-5-9-33-7-1-3-11-45(33)47)31-49(51)50-32-40(20-26-52(50)53)48-14-6-10-34-8-2-4-12-46(34)48/h1-32,54-55H. The number of hydrogen-bond donors (Lipinski definition) is 2. The Morgan fingerprint density at radius 3 is 1.20 bits per heavy atom. The van der Waals surface area contributed by atoms with E-state index < -0.39 is 5.41 Å². The first kappa shape index (κ1) is 31.4. The smallest absolute Gasteiger partial charge is 0.116 e. The Kier molecular flexibility index (Phi) is 6.80. The van der Waals surface area contributed by atoms with Crippen LogP contribution in [0.1, 0.15) is 22.3 Å². The summed E-state index contributed by atoms with van der Waals surface area (Å²) in [6.45, 7) is 0. The Bertz CT molecular complexity index is 2960. The van der Waals surface area contributed by atoms with Crippen molar-refractivity contribution in [2.45, 2.75) is 5.41 Å². The van der Waals surface area contributed by atoms with Crippen molar-refractivity contribution < 1.29 is 10.2 Å². The first-order valence-corrected chi connectivity index (χ1v) is 18.8. The molecule has 0 radical (unpaired) electrons. The second-order valence-electron chi connectivity index (χ2n) is 14.8. The lowest BCUT2D eigenvalue weighted by Gasteiger charge is -2.34. The number of aromatic hydroxyl groups is 2. The highest BCUT2D eigenvalue weighted by Crippen LogP contribution is 2.58. The molecule has 10 aromatic rings. The third-order valence-electron chi connectivity index (χ3n) is 11.9. The van der Waals surface area contributed by atoms with E-state index in [2.05, 4.69) is 158 Å². The second-order valence-corrected chi connectivity index (χ2v) is 14.8. The summed E-state index contributed by atoms with van der Waals surface area (Å²) in [4.78, 5) is 0. The monoisotopic (exact) mass is 702 g/mol. The molecule has 1 aliphatic rings. The Balaban J connectivity index is 1.25. The van der Waals surface area contributed by atoms with E-state index in [-0.39, 0.29) is 11.5 Å². The average Bonchev–Trinajstić information content (AvgIpc) is 3.52. The van der Waals surface area contributed by atoms with Crippen molar-refractivity contribution in [3.63, 3.8) is 0 Å². The highest BCUT2D eigenvalue weighted by atomic mass is 16.3. The van der Waals surface area contributed by atoms with Crippen molar-refractivity contribution >= 4 is 43.1 Å². The molecule has 0 aliphatic heterocycles. The molecule has 0 amide bonds. The van der Waals surface area contributed by atoms with Gasteiger partial charge in [-0.3, -0.25) is 0 Å². The molecule has 2 nitrogen and oxygen atoms in total. The lowest BCUT2D eigenvalue weighted by atomic mass is 9.67. The van der Waals surface area contributed by atoms with Crippen molar-refractivity contribution in [2.75, 3.05) is 0 Å². The number of fused-ring (bicyclic) bond motifs is 7. The van der Waals surface area contributed by atoms with Crippen LogP contribution in [0, 0.1) is 0 Å². The fraction of sp³-hybridized carbons (Fsp3) is 0.0189. The minimum atomic E-state index is -0.669. The Labute approximate surface area is 318 Å². The maximum Gasteiger partial charge on any atom is 0.116 e. The zero-order valence-electron chi connectivity index (χ0n) is 29.9. The quantitative estimate of drug-likeness (QED) is 0.192. The molecule has 55 heavy (non-hydrogen) atoms. The van der Waals surface area contributed by atoms with Crippen LogP contribution < -0.4 is 0 Å². The first-order valence-electron chi connectivity index (χ1n) is 18.8. The van der Waals surface area contributed by atoms with Crippen molar-refractivity contribution in [1.29, 1.82) is 0 Å². The van der Waals surface area contributed by atoms with Crippen LogP contribution in [0.4, 0.5) is 0 Å². The van der Waals surface area contributed by atoms with Gasteiger partial charge in [-0.2, -0.15) is 0 Å². The van der Waals surface area contributed by atoms with Gasteiger partial charge in [-0.1, -0.05) is 146 Å². The molecule has 0 saturated carbocycles. The normalized spacial score (nSPS) is 13.0. The van der Waals surface area contributed by atoms with Gasteiger partial charge >= 0.3 is 0 Å². The molecular formula is C53H34O2. The molecule has 2 heteroatoms. The van der Waals surface area contributed by atoms with Crippen LogP contribution >= 0.6 is 0 Å². The van der Waals surface area contributed by atoms with E-state index in [1.165, 1.54) is 66.1 Å². The van der Waals surface area contributed by atoms with Gasteiger partial charge in [-0.05, 0) is 147 Å². The van der Waals surface area contributed by atoms with Gasteiger partial charge in [0.2, 0.25) is 0 Å². The Morgan fingerprint density at radius 2 is 0.709 bits per heavy atom. The molecule has 11 rings (SSSR count). The maximum absolute atomic E-state index is 10.4. The molecule has 0 fully saturated rings. The van der Waals surface area contributed by atoms with Crippen molar-refractivity contribution in [3.05, 3.63) is 216 Å². The minimum absolute atomic E-state index is 0.256. The maximum atomic E-state index is 10.4. The summed E-state index contributed by atoms with van der Waals surface area (Å²) < 4.78 is 0. The lowest BCUT2D eigenvalue weighted by Crippen LogP contribution is -2.28. The highest BCUT2D eigenvalue weighted by molar-refractivity contribution is 6.01. The zero-order valence-corrected chi connectivity index (χ0v) is 29.9. The van der Waals surface area contributed by atoms with Crippen LogP contribution in [0.2, 0.25) is 0 Å². The average molecular weight is 703 g/mol. The summed E-state index contributed by atoms with van der Waals surface area (Å²) in [5.41, 5.74) is 11.3. The fourth-order valence-electron chi connectivity index (χ4n) is 9.34. The second kappa shape index (κ2) is 11.9. The summed E-state index contributed by atoms with van der Waals surface area (Å²) in [5.74, 6) is 0.512. The van der Waals surface area contributed by atoms with Gasteiger partial charge in [-0.15, -0.1) is 0 Å². The Hall–Kier alpha value is -7.16. The molecule has 0 unspecified atom stereocenters. The molecule has 0 heterocycles. The van der Waals surface area contributed by atoms with E-state index in [0.717, 1.165) is 32.7 Å². The molecule has 0 bridgehead atoms. The molecular weight excluding hydrogens is 669 g/mol. The van der Waals surface area contributed by atoms with Crippen LogP contribution in [-0.4, -0.2) is 10.2 Å². The summed E-state index contributed by atoms with van der Waals surface area (Å²) in [5, 5.41) is 29.8. The minimum Gasteiger partial charge on any atom is -0.508 e. The van der Waals surface area contributed by atoms with E-state index in [9.17, 15) is 10.2 Å². The summed E-state index contributed by atoms with van der Waals surface area (Å²) in [7, 11) is 0. The number of phenolic OH excluding ortho intramolecular Hbond substituents is 2. The molecule has 1 aliphatic carbocycles. The van der Waals surface area contributed by atoms with E-state index in [1.54, 1.807) is 12.1 Å². The molecule has 0 atom stereocenters. The van der Waals surface area contributed by atoms with E-state index in [4.69, 9.17) is 0 Å². The van der Waals surface area contributed by atoms with Crippen molar-refractivity contribution in [2.24, 2.45) is 0 Å². The van der Waals surface area contributed by atoms with Crippen LogP contribution in [0.25, 0.3) is 76.5 Å². The van der Waals surface area contributed by atoms with Crippen LogP contribution in [0.5, 0.6) is 11.5 Å². The molecule has 2 N–H and O–H groups in total. The van der Waals surface area contributed by atoms with Crippen molar-refractivity contribution in [3.8, 4) is 44.9 Å². The third kappa shape index (κ3) is 4.75. The molecule has 258 valence electrons. The summed E-state index contributed by atoms with van der Waals surface area (Å²) in [6.07, 6.45) is 0. The van der Waals surface area contributed by atoms with Crippen molar-refractivity contribution in [1.82, 2.24) is 0 Å². The number of rotatable bonds is 4. The molecule has 0 saturated heterocycles. The van der Waals surface area contributed by atoms with Gasteiger partial charge in [-0.25, -0.2) is 0 Å². The highest BCUT2D eigenvalue weighted by Gasteiger charge is 2.46. The van der Waals surface area contributed by atoms with Gasteiger partial charge in [0.15, 0.2) is 0 Å². The molecule has 10 aromatic carbocycles. The number of benzene rings is 10. The summed E-state index contributed by atoms with van der Waals surface area (Å²) >= 11 is 0. The fourth-order valence-corrected chi connectivity index (χ4v) is 9.34. The van der Waals surface area contributed by atoms with Gasteiger partial charge in [0, 0.05) is 0 Å². The van der Waals surface area contributed by atoms with E-state index >= 15 is 0 Å². The topological polar surface area (TPSA) is 40.5 Å². The zero-order chi connectivity index (χ0) is 36.7. The Morgan fingerprint density at radius 1 is 0.291 bits per heavy atom. The summed E-state index contributed by atoms with van der Waals surface area (Å²) in [6, 6.07) is 69.0. The predicted octanol–water partition coefficient (Wildman–Crippen LogP) is 13.4. The largest absolute Gasteiger partial charge is 0.508 e. The van der Waals surface area contributed by atoms with E-state index in [1.807, 2.05) is 24.3 Å². The lowest BCUT2D eigenvalue weighted by molar-refractivity contribution is 0.475. The number of phenols is 2. The van der Waals surface area contributed by atoms with Crippen LogP contribution in [-0.2, 0) is 5.41 Å².